The number of fused-ring (bicyclic) bond motifs is 1. The van der Waals surface area contributed by atoms with Gasteiger partial charge in [0, 0.05) is 30.1 Å². The number of anilines is 1. The number of nitrogens with one attached hydrogen (secondary N) is 1. The van der Waals surface area contributed by atoms with Crippen molar-refractivity contribution in [2.45, 2.75) is 11.7 Å². The molecule has 0 spiro atoms. The van der Waals surface area contributed by atoms with Crippen molar-refractivity contribution in [3.8, 4) is 0 Å². The summed E-state index contributed by atoms with van der Waals surface area (Å²) in [5.74, 6) is 0.795. The minimum absolute atomic E-state index is 0.0992. The molecule has 1 N–H and O–H groups in total. The number of amides is 2. The van der Waals surface area contributed by atoms with Gasteiger partial charge >= 0.3 is 0 Å². The van der Waals surface area contributed by atoms with E-state index in [1.54, 1.807) is 31.3 Å². The predicted molar refractivity (Wildman–Crippen MR) is 108 cm³/mol. The van der Waals surface area contributed by atoms with Crippen LogP contribution >= 0.6 is 11.8 Å². The molecule has 1 heterocycles. The molecule has 1 aliphatic heterocycles. The standard InChI is InChI=1S/C21H22N2O2S/c1-3-20(24)23(2)17-10-8-16(9-11-17)21(25)22-14-19-18-7-5-4-6-15(18)12-13-26-19/h3-11,19H,1,12-14H2,2H3,(H,22,25). The van der Waals surface area contributed by atoms with Crippen molar-refractivity contribution in [3.05, 3.63) is 77.9 Å². The maximum atomic E-state index is 12.5. The van der Waals surface area contributed by atoms with Crippen LogP contribution in [0.5, 0.6) is 0 Å². The second-order valence-electron chi connectivity index (χ2n) is 6.17. The first-order valence-corrected chi connectivity index (χ1v) is 9.63. The van der Waals surface area contributed by atoms with Crippen LogP contribution in [0.3, 0.4) is 0 Å². The Bertz CT molecular complexity index is 817. The molecule has 3 rings (SSSR count). The third kappa shape index (κ3) is 3.99. The van der Waals surface area contributed by atoms with Gasteiger partial charge in [-0.2, -0.15) is 11.8 Å². The molecule has 134 valence electrons. The summed E-state index contributed by atoms with van der Waals surface area (Å²) in [6.45, 7) is 4.09. The monoisotopic (exact) mass is 366 g/mol. The zero-order valence-corrected chi connectivity index (χ0v) is 15.6. The molecular formula is C21H22N2O2S. The van der Waals surface area contributed by atoms with E-state index < -0.39 is 0 Å². The van der Waals surface area contributed by atoms with E-state index in [0.29, 0.717) is 17.4 Å². The van der Waals surface area contributed by atoms with Crippen LogP contribution in [0.4, 0.5) is 5.69 Å². The molecular weight excluding hydrogens is 344 g/mol. The van der Waals surface area contributed by atoms with Crippen LogP contribution < -0.4 is 10.2 Å². The zero-order valence-electron chi connectivity index (χ0n) is 14.8. The minimum Gasteiger partial charge on any atom is -0.351 e. The fraction of sp³-hybridized carbons (Fsp3) is 0.238. The van der Waals surface area contributed by atoms with Crippen molar-refractivity contribution in [3.63, 3.8) is 0 Å². The summed E-state index contributed by atoms with van der Waals surface area (Å²) in [6, 6.07) is 15.4. The molecule has 1 unspecified atom stereocenters. The Balaban J connectivity index is 1.62. The van der Waals surface area contributed by atoms with Crippen molar-refractivity contribution in [2.24, 2.45) is 0 Å². The zero-order chi connectivity index (χ0) is 18.5. The molecule has 2 aromatic rings. The predicted octanol–water partition coefficient (Wildman–Crippen LogP) is 3.60. The molecule has 1 atom stereocenters. The van der Waals surface area contributed by atoms with Gasteiger partial charge in [-0.05, 0) is 53.6 Å². The number of rotatable bonds is 5. The second-order valence-corrected chi connectivity index (χ2v) is 7.48. The van der Waals surface area contributed by atoms with E-state index in [4.69, 9.17) is 0 Å². The lowest BCUT2D eigenvalue weighted by Crippen LogP contribution is -2.29. The number of thioether (sulfide) groups is 1. The molecule has 0 radical (unpaired) electrons. The van der Waals surface area contributed by atoms with E-state index in [9.17, 15) is 9.59 Å². The number of benzene rings is 2. The summed E-state index contributed by atoms with van der Waals surface area (Å²) in [6.07, 6.45) is 2.35. The smallest absolute Gasteiger partial charge is 0.251 e. The van der Waals surface area contributed by atoms with Gasteiger partial charge < -0.3 is 10.2 Å². The highest BCUT2D eigenvalue weighted by Crippen LogP contribution is 2.36. The second kappa shape index (κ2) is 8.23. The fourth-order valence-corrected chi connectivity index (χ4v) is 4.27. The van der Waals surface area contributed by atoms with Gasteiger partial charge in [-0.1, -0.05) is 30.8 Å². The van der Waals surface area contributed by atoms with Crippen molar-refractivity contribution in [1.82, 2.24) is 5.32 Å². The summed E-state index contributed by atoms with van der Waals surface area (Å²) in [5, 5.41) is 3.33. The van der Waals surface area contributed by atoms with Gasteiger partial charge in [0.2, 0.25) is 5.91 Å². The van der Waals surface area contributed by atoms with Gasteiger partial charge in [-0.15, -0.1) is 0 Å². The molecule has 0 bridgehead atoms. The Kier molecular flexibility index (Phi) is 5.78. The molecule has 0 fully saturated rings. The third-order valence-electron chi connectivity index (χ3n) is 4.56. The maximum absolute atomic E-state index is 12.5. The SMILES string of the molecule is C=CC(=O)N(C)c1ccc(C(=O)NCC2SCCc3ccccc32)cc1. The average molecular weight is 366 g/mol. The summed E-state index contributed by atoms with van der Waals surface area (Å²) in [5.41, 5.74) is 4.01. The number of carbonyl (C=O) groups excluding carboxylic acids is 2. The Morgan fingerprint density at radius 2 is 1.96 bits per heavy atom. The lowest BCUT2D eigenvalue weighted by atomic mass is 10.0. The van der Waals surface area contributed by atoms with Crippen molar-refractivity contribution < 1.29 is 9.59 Å². The lowest BCUT2D eigenvalue weighted by Gasteiger charge is -2.25. The molecule has 2 amide bonds. The molecule has 1 aliphatic rings. The van der Waals surface area contributed by atoms with Crippen LogP contribution in [-0.2, 0) is 11.2 Å². The van der Waals surface area contributed by atoms with Crippen LogP contribution in [0.25, 0.3) is 0 Å². The van der Waals surface area contributed by atoms with Gasteiger partial charge in [0.25, 0.3) is 5.91 Å². The van der Waals surface area contributed by atoms with Gasteiger partial charge in [0.1, 0.15) is 0 Å². The van der Waals surface area contributed by atoms with E-state index in [2.05, 4.69) is 36.2 Å². The molecule has 2 aromatic carbocycles. The van der Waals surface area contributed by atoms with Gasteiger partial charge in [0.05, 0.1) is 0 Å². The van der Waals surface area contributed by atoms with Gasteiger partial charge in [0.15, 0.2) is 0 Å². The van der Waals surface area contributed by atoms with Crippen LogP contribution in [-0.4, -0.2) is 31.2 Å². The number of hydrogen-bond acceptors (Lipinski definition) is 3. The van der Waals surface area contributed by atoms with Crippen LogP contribution in [0.1, 0.15) is 26.7 Å². The van der Waals surface area contributed by atoms with Crippen LogP contribution in [0.15, 0.2) is 61.2 Å². The van der Waals surface area contributed by atoms with E-state index in [0.717, 1.165) is 17.9 Å². The first kappa shape index (κ1) is 18.3. The summed E-state index contributed by atoms with van der Waals surface area (Å²) in [7, 11) is 1.68. The van der Waals surface area contributed by atoms with Crippen molar-refractivity contribution >= 4 is 29.3 Å². The van der Waals surface area contributed by atoms with Crippen LogP contribution in [0, 0.1) is 0 Å². The Morgan fingerprint density at radius 1 is 1.23 bits per heavy atom. The molecule has 5 heteroatoms. The molecule has 0 saturated heterocycles. The first-order chi connectivity index (χ1) is 12.6. The van der Waals surface area contributed by atoms with Crippen LogP contribution in [0.2, 0.25) is 0 Å². The van der Waals surface area contributed by atoms with Gasteiger partial charge in [-0.3, -0.25) is 9.59 Å². The summed E-state index contributed by atoms with van der Waals surface area (Å²) < 4.78 is 0. The summed E-state index contributed by atoms with van der Waals surface area (Å²) >= 11 is 1.89. The highest BCUT2D eigenvalue weighted by atomic mass is 32.2. The molecule has 0 aromatic heterocycles. The quantitative estimate of drug-likeness (QED) is 0.823. The average Bonchev–Trinajstić information content (AvgIpc) is 2.70. The van der Waals surface area contributed by atoms with E-state index in [1.807, 2.05) is 11.8 Å². The topological polar surface area (TPSA) is 49.4 Å². The minimum atomic E-state index is -0.185. The number of carbonyl (C=O) groups is 2. The maximum Gasteiger partial charge on any atom is 0.251 e. The largest absolute Gasteiger partial charge is 0.351 e. The molecule has 0 aliphatic carbocycles. The molecule has 0 saturated carbocycles. The Hall–Kier alpha value is -2.53. The highest BCUT2D eigenvalue weighted by molar-refractivity contribution is 7.99. The third-order valence-corrected chi connectivity index (χ3v) is 5.83. The van der Waals surface area contributed by atoms with Crippen molar-refractivity contribution in [1.29, 1.82) is 0 Å². The highest BCUT2D eigenvalue weighted by Gasteiger charge is 2.21. The molecule has 4 nitrogen and oxygen atoms in total. The van der Waals surface area contributed by atoms with Crippen molar-refractivity contribution in [2.75, 3.05) is 24.2 Å². The normalized spacial score (nSPS) is 15.7. The fourth-order valence-electron chi connectivity index (χ4n) is 3.03. The lowest BCUT2D eigenvalue weighted by molar-refractivity contribution is -0.113. The molecule has 26 heavy (non-hydrogen) atoms. The van der Waals surface area contributed by atoms with Gasteiger partial charge in [-0.25, -0.2) is 0 Å². The first-order valence-electron chi connectivity index (χ1n) is 8.58. The number of nitrogens with zero attached hydrogens (tertiary/aromatic N) is 1. The number of aryl methyl sites for hydroxylation is 1. The van der Waals surface area contributed by atoms with E-state index >= 15 is 0 Å². The summed E-state index contributed by atoms with van der Waals surface area (Å²) in [4.78, 5) is 25.6. The Labute approximate surface area is 158 Å². The number of likely N-dealkylation sites (N-methyl/N-ethyl adjacent to an activating group) is 1. The van der Waals surface area contributed by atoms with E-state index in [1.165, 1.54) is 22.1 Å². The van der Waals surface area contributed by atoms with E-state index in [-0.39, 0.29) is 11.8 Å². The Morgan fingerprint density at radius 3 is 2.69 bits per heavy atom. The number of hydrogen-bond donors (Lipinski definition) is 1.